The molecule has 0 heterocycles. The van der Waals surface area contributed by atoms with Gasteiger partial charge in [-0.25, -0.2) is 0 Å². The molecule has 3 unspecified atom stereocenters. The third kappa shape index (κ3) is 2.40. The molecule has 17 heavy (non-hydrogen) atoms. The first-order valence-corrected chi connectivity index (χ1v) is 7.09. The monoisotopic (exact) mass is 229 g/mol. The van der Waals surface area contributed by atoms with Crippen molar-refractivity contribution >= 4 is 0 Å². The Morgan fingerprint density at radius 3 is 2.24 bits per heavy atom. The SMILES string of the molecule is CCc1ccc(CC(N)C2CC3CC3C2)cc1. The van der Waals surface area contributed by atoms with E-state index in [2.05, 4.69) is 31.2 Å². The van der Waals surface area contributed by atoms with E-state index in [1.165, 1.54) is 30.4 Å². The van der Waals surface area contributed by atoms with E-state index >= 15 is 0 Å². The molecule has 0 amide bonds. The Bertz CT molecular complexity index is 371. The van der Waals surface area contributed by atoms with E-state index in [1.807, 2.05) is 0 Å². The number of aryl methyl sites for hydroxylation is 1. The highest BCUT2D eigenvalue weighted by Crippen LogP contribution is 2.55. The molecule has 2 aliphatic rings. The molecule has 3 atom stereocenters. The second kappa shape index (κ2) is 4.45. The van der Waals surface area contributed by atoms with Crippen molar-refractivity contribution in [1.82, 2.24) is 0 Å². The van der Waals surface area contributed by atoms with Crippen LogP contribution in [0.1, 0.15) is 37.3 Å². The van der Waals surface area contributed by atoms with Gasteiger partial charge in [0.2, 0.25) is 0 Å². The van der Waals surface area contributed by atoms with Gasteiger partial charge in [0.15, 0.2) is 0 Å². The van der Waals surface area contributed by atoms with Gasteiger partial charge in [-0.1, -0.05) is 31.2 Å². The molecule has 0 spiro atoms. The maximum absolute atomic E-state index is 6.36. The molecule has 1 nitrogen and oxygen atoms in total. The maximum Gasteiger partial charge on any atom is 0.0108 e. The summed E-state index contributed by atoms with van der Waals surface area (Å²) in [6, 6.07) is 9.39. The molecule has 0 bridgehead atoms. The zero-order chi connectivity index (χ0) is 11.8. The zero-order valence-electron chi connectivity index (χ0n) is 10.7. The van der Waals surface area contributed by atoms with E-state index in [1.54, 1.807) is 0 Å². The van der Waals surface area contributed by atoms with Crippen LogP contribution in [-0.2, 0) is 12.8 Å². The average Bonchev–Trinajstić information content (AvgIpc) is 2.97. The molecular weight excluding hydrogens is 206 g/mol. The summed E-state index contributed by atoms with van der Waals surface area (Å²) in [5, 5.41) is 0. The Morgan fingerprint density at radius 1 is 1.06 bits per heavy atom. The Morgan fingerprint density at radius 2 is 1.65 bits per heavy atom. The lowest BCUT2D eigenvalue weighted by Gasteiger charge is -2.20. The highest BCUT2D eigenvalue weighted by molar-refractivity contribution is 5.23. The van der Waals surface area contributed by atoms with Crippen LogP contribution in [0, 0.1) is 17.8 Å². The van der Waals surface area contributed by atoms with E-state index in [4.69, 9.17) is 5.73 Å². The van der Waals surface area contributed by atoms with Crippen molar-refractivity contribution in [3.05, 3.63) is 35.4 Å². The van der Waals surface area contributed by atoms with Gasteiger partial charge >= 0.3 is 0 Å². The summed E-state index contributed by atoms with van der Waals surface area (Å²) < 4.78 is 0. The molecule has 2 fully saturated rings. The van der Waals surface area contributed by atoms with E-state index in [0.717, 1.165) is 30.6 Å². The third-order valence-corrected chi connectivity index (χ3v) is 4.79. The number of nitrogens with two attached hydrogens (primary N) is 1. The molecular formula is C16H23N. The van der Waals surface area contributed by atoms with E-state index < -0.39 is 0 Å². The van der Waals surface area contributed by atoms with Crippen LogP contribution in [0.5, 0.6) is 0 Å². The number of rotatable bonds is 4. The first-order valence-electron chi connectivity index (χ1n) is 7.09. The minimum atomic E-state index is 0.385. The van der Waals surface area contributed by atoms with Gasteiger partial charge < -0.3 is 5.73 Å². The highest BCUT2D eigenvalue weighted by atomic mass is 14.7. The lowest BCUT2D eigenvalue weighted by molar-refractivity contribution is 0.392. The molecule has 0 radical (unpaired) electrons. The molecule has 2 saturated carbocycles. The number of fused-ring (bicyclic) bond motifs is 1. The summed E-state index contributed by atoms with van der Waals surface area (Å²) in [6.45, 7) is 2.20. The summed E-state index contributed by atoms with van der Waals surface area (Å²) in [4.78, 5) is 0. The number of hydrogen-bond donors (Lipinski definition) is 1. The molecule has 0 aromatic heterocycles. The largest absolute Gasteiger partial charge is 0.327 e. The Kier molecular flexibility index (Phi) is 2.96. The van der Waals surface area contributed by atoms with Crippen molar-refractivity contribution in [2.45, 2.75) is 45.1 Å². The second-order valence-corrected chi connectivity index (χ2v) is 6.03. The first kappa shape index (κ1) is 11.3. The van der Waals surface area contributed by atoms with Gasteiger partial charge in [-0.3, -0.25) is 0 Å². The molecule has 1 aromatic rings. The van der Waals surface area contributed by atoms with Crippen LogP contribution in [0.3, 0.4) is 0 Å². The van der Waals surface area contributed by atoms with Gasteiger partial charge in [-0.2, -0.15) is 0 Å². The van der Waals surface area contributed by atoms with Gasteiger partial charge in [0.1, 0.15) is 0 Å². The molecule has 2 N–H and O–H groups in total. The first-order chi connectivity index (χ1) is 8.26. The van der Waals surface area contributed by atoms with Gasteiger partial charge in [0, 0.05) is 6.04 Å². The van der Waals surface area contributed by atoms with Crippen molar-refractivity contribution in [3.63, 3.8) is 0 Å². The summed E-state index contributed by atoms with van der Waals surface area (Å²) >= 11 is 0. The maximum atomic E-state index is 6.36. The van der Waals surface area contributed by atoms with Gasteiger partial charge in [-0.05, 0) is 61.0 Å². The predicted molar refractivity (Wildman–Crippen MR) is 71.8 cm³/mol. The number of hydrogen-bond acceptors (Lipinski definition) is 1. The summed E-state index contributed by atoms with van der Waals surface area (Å²) in [5.74, 6) is 2.90. The molecule has 0 saturated heterocycles. The van der Waals surface area contributed by atoms with Crippen LogP contribution in [0.15, 0.2) is 24.3 Å². The van der Waals surface area contributed by atoms with Gasteiger partial charge in [0.05, 0.1) is 0 Å². The van der Waals surface area contributed by atoms with E-state index in [0.29, 0.717) is 6.04 Å². The summed E-state index contributed by atoms with van der Waals surface area (Å²) in [7, 11) is 0. The van der Waals surface area contributed by atoms with Crippen molar-refractivity contribution in [2.75, 3.05) is 0 Å². The Labute approximate surface area is 104 Å². The lowest BCUT2D eigenvalue weighted by Crippen LogP contribution is -2.31. The highest BCUT2D eigenvalue weighted by Gasteiger charge is 2.47. The minimum Gasteiger partial charge on any atom is -0.327 e. The number of benzene rings is 1. The fraction of sp³-hybridized carbons (Fsp3) is 0.625. The van der Waals surface area contributed by atoms with Gasteiger partial charge in [-0.15, -0.1) is 0 Å². The minimum absolute atomic E-state index is 0.385. The Balaban J connectivity index is 1.57. The van der Waals surface area contributed by atoms with Crippen LogP contribution in [0.25, 0.3) is 0 Å². The van der Waals surface area contributed by atoms with Crippen LogP contribution in [0.4, 0.5) is 0 Å². The third-order valence-electron chi connectivity index (χ3n) is 4.79. The Hall–Kier alpha value is -0.820. The molecule has 3 rings (SSSR count). The topological polar surface area (TPSA) is 26.0 Å². The predicted octanol–water partition coefficient (Wildman–Crippen LogP) is 3.16. The van der Waals surface area contributed by atoms with Crippen LogP contribution in [-0.4, -0.2) is 6.04 Å². The molecule has 1 heteroatoms. The van der Waals surface area contributed by atoms with Crippen molar-refractivity contribution in [3.8, 4) is 0 Å². The van der Waals surface area contributed by atoms with Crippen molar-refractivity contribution < 1.29 is 0 Å². The van der Waals surface area contributed by atoms with E-state index in [9.17, 15) is 0 Å². The summed E-state index contributed by atoms with van der Waals surface area (Å²) in [6.07, 6.45) is 6.48. The fourth-order valence-corrected chi connectivity index (χ4v) is 3.46. The normalized spacial score (nSPS) is 32.2. The fourth-order valence-electron chi connectivity index (χ4n) is 3.46. The standard InChI is InChI=1S/C16H23N/c1-2-11-3-5-12(6-4-11)7-16(17)15-9-13-8-14(13)10-15/h3-6,13-16H,2,7-10,17H2,1H3. The second-order valence-electron chi connectivity index (χ2n) is 6.03. The molecule has 0 aliphatic heterocycles. The zero-order valence-corrected chi connectivity index (χ0v) is 10.7. The lowest BCUT2D eigenvalue weighted by atomic mass is 9.90. The van der Waals surface area contributed by atoms with Gasteiger partial charge in [0.25, 0.3) is 0 Å². The van der Waals surface area contributed by atoms with Crippen molar-refractivity contribution in [1.29, 1.82) is 0 Å². The van der Waals surface area contributed by atoms with Crippen LogP contribution < -0.4 is 5.73 Å². The van der Waals surface area contributed by atoms with Crippen LogP contribution >= 0.6 is 0 Å². The average molecular weight is 229 g/mol. The smallest absolute Gasteiger partial charge is 0.0108 e. The summed E-state index contributed by atoms with van der Waals surface area (Å²) in [5.41, 5.74) is 9.20. The molecule has 1 aromatic carbocycles. The van der Waals surface area contributed by atoms with E-state index in [-0.39, 0.29) is 0 Å². The molecule has 2 aliphatic carbocycles. The molecule has 92 valence electrons. The van der Waals surface area contributed by atoms with Crippen LogP contribution in [0.2, 0.25) is 0 Å². The quantitative estimate of drug-likeness (QED) is 0.843. The van der Waals surface area contributed by atoms with Crippen molar-refractivity contribution in [2.24, 2.45) is 23.5 Å².